The minimum Gasteiger partial charge on any atom is -0.493 e. The topological polar surface area (TPSA) is 78.6 Å². The van der Waals surface area contributed by atoms with E-state index in [2.05, 4.69) is 69.3 Å². The molecule has 5 rings (SSSR count). The molecule has 0 fully saturated rings. The molecule has 8 nitrogen and oxygen atoms in total. The summed E-state index contributed by atoms with van der Waals surface area (Å²) in [6, 6.07) is 18.4. The number of aromatic nitrogens is 4. The van der Waals surface area contributed by atoms with E-state index in [9.17, 15) is 0 Å². The zero-order chi connectivity index (χ0) is 24.5. The van der Waals surface area contributed by atoms with Gasteiger partial charge in [-0.15, -0.1) is 0 Å². The largest absolute Gasteiger partial charge is 0.493 e. The Kier molecular flexibility index (Phi) is 6.00. The monoisotopic (exact) mass is 487 g/mol. The van der Waals surface area contributed by atoms with Crippen LogP contribution in [0, 0.1) is 4.77 Å². The summed E-state index contributed by atoms with van der Waals surface area (Å²) >= 11 is 5.46. The van der Waals surface area contributed by atoms with E-state index in [0.29, 0.717) is 33.4 Å². The van der Waals surface area contributed by atoms with Gasteiger partial charge in [0.2, 0.25) is 10.5 Å². The van der Waals surface area contributed by atoms with E-state index in [0.717, 1.165) is 12.1 Å². The number of methoxy groups -OCH3 is 3. The normalized spacial score (nSPS) is 11.5. The maximum atomic E-state index is 5.49. The van der Waals surface area contributed by atoms with Crippen LogP contribution in [0.5, 0.6) is 17.2 Å². The van der Waals surface area contributed by atoms with E-state index in [1.165, 1.54) is 21.8 Å². The summed E-state index contributed by atoms with van der Waals surface area (Å²) in [6.07, 6.45) is 1.78. The quantitative estimate of drug-likeness (QED) is 0.237. The lowest BCUT2D eigenvalue weighted by atomic mass is 10.1. The molecule has 0 aliphatic rings. The Morgan fingerprint density at radius 2 is 1.66 bits per heavy atom. The molecule has 1 N–H and O–H groups in total. The predicted octanol–water partition coefficient (Wildman–Crippen LogP) is 5.64. The highest BCUT2D eigenvalue weighted by Crippen LogP contribution is 2.40. The van der Waals surface area contributed by atoms with Crippen molar-refractivity contribution in [2.75, 3.05) is 21.3 Å². The Labute approximate surface area is 207 Å². The fourth-order valence-electron chi connectivity index (χ4n) is 4.41. The van der Waals surface area contributed by atoms with Crippen molar-refractivity contribution in [1.82, 2.24) is 19.4 Å². The summed E-state index contributed by atoms with van der Waals surface area (Å²) in [5.74, 6) is 2.06. The van der Waals surface area contributed by atoms with Gasteiger partial charge in [-0.1, -0.05) is 24.3 Å². The van der Waals surface area contributed by atoms with Gasteiger partial charge in [-0.25, -0.2) is 5.10 Å². The molecule has 3 aromatic carbocycles. The predicted molar refractivity (Wildman–Crippen MR) is 141 cm³/mol. The van der Waals surface area contributed by atoms with Gasteiger partial charge in [0.05, 0.1) is 27.5 Å². The molecule has 0 unspecified atom stereocenters. The molecule has 0 aliphatic carbocycles. The Morgan fingerprint density at radius 1 is 0.943 bits per heavy atom. The first-order chi connectivity index (χ1) is 17.1. The molecule has 0 saturated carbocycles. The number of rotatable bonds is 7. The smallest absolute Gasteiger partial charge is 0.216 e. The molecule has 0 saturated heterocycles. The zero-order valence-electron chi connectivity index (χ0n) is 19.9. The number of ether oxygens (including phenoxy) is 3. The van der Waals surface area contributed by atoms with Gasteiger partial charge in [0.15, 0.2) is 17.3 Å². The Morgan fingerprint density at radius 3 is 2.34 bits per heavy atom. The van der Waals surface area contributed by atoms with Gasteiger partial charge in [-0.3, -0.25) is 0 Å². The first kappa shape index (κ1) is 22.7. The minimum atomic E-state index is 0.369. The molecule has 9 heteroatoms. The molecule has 0 aliphatic heterocycles. The number of aryl methyl sites for hydroxylation is 1. The number of benzene rings is 3. The minimum absolute atomic E-state index is 0.369. The number of fused-ring (bicyclic) bond motifs is 3. The second-order valence-corrected chi connectivity index (χ2v) is 8.25. The van der Waals surface area contributed by atoms with Crippen molar-refractivity contribution < 1.29 is 14.2 Å². The number of para-hydroxylation sites is 1. The van der Waals surface area contributed by atoms with Crippen LogP contribution in [0.1, 0.15) is 12.5 Å². The molecule has 35 heavy (non-hydrogen) atoms. The molecule has 2 aromatic heterocycles. The van der Waals surface area contributed by atoms with E-state index >= 15 is 0 Å². The van der Waals surface area contributed by atoms with Gasteiger partial charge < -0.3 is 18.8 Å². The Bertz CT molecular complexity index is 1600. The molecule has 2 heterocycles. The van der Waals surface area contributed by atoms with Crippen LogP contribution >= 0.6 is 12.2 Å². The second kappa shape index (κ2) is 9.27. The summed E-state index contributed by atoms with van der Waals surface area (Å²) in [4.78, 5) is 0. The maximum Gasteiger partial charge on any atom is 0.216 e. The molecule has 5 aromatic rings. The third-order valence-electron chi connectivity index (χ3n) is 6.01. The van der Waals surface area contributed by atoms with Crippen LogP contribution in [0.4, 0.5) is 0 Å². The zero-order valence-corrected chi connectivity index (χ0v) is 20.7. The third-order valence-corrected chi connectivity index (χ3v) is 6.27. The number of hydrogen-bond donors (Lipinski definition) is 1. The average Bonchev–Trinajstić information content (AvgIpc) is 3.43. The van der Waals surface area contributed by atoms with Crippen LogP contribution in [0.2, 0.25) is 0 Å². The fourth-order valence-corrected chi connectivity index (χ4v) is 4.59. The molecule has 0 spiro atoms. The van der Waals surface area contributed by atoms with Gasteiger partial charge >= 0.3 is 0 Å². The number of nitrogens with zero attached hydrogens (tertiary/aromatic N) is 4. The third kappa shape index (κ3) is 3.83. The van der Waals surface area contributed by atoms with Crippen LogP contribution in [0.3, 0.4) is 0 Å². The summed E-state index contributed by atoms with van der Waals surface area (Å²) in [7, 11) is 4.71. The average molecular weight is 488 g/mol. The molecular weight excluding hydrogens is 462 g/mol. The Balaban J connectivity index is 1.58. The number of aromatic amines is 1. The molecule has 0 amide bonds. The van der Waals surface area contributed by atoms with Crippen LogP contribution in [0.25, 0.3) is 33.2 Å². The summed E-state index contributed by atoms with van der Waals surface area (Å²) in [6.45, 7) is 3.06. The van der Waals surface area contributed by atoms with Crippen molar-refractivity contribution in [2.45, 2.75) is 13.5 Å². The standard InChI is InChI=1S/C26H25N5O3S/c1-5-30-20-9-7-6-8-18(20)19-12-16(10-11-21(19)30)15-27-31-25(28-29-26(31)35)17-13-22(32-2)24(34-4)23(14-17)33-3/h6-15H,5H2,1-4H3,(H,29,35)/b27-15+. The molecule has 178 valence electrons. The van der Waals surface area contributed by atoms with Gasteiger partial charge in [0.25, 0.3) is 0 Å². The van der Waals surface area contributed by atoms with Crippen molar-refractivity contribution in [3.05, 3.63) is 64.9 Å². The van der Waals surface area contributed by atoms with E-state index in [1.54, 1.807) is 32.2 Å². The lowest BCUT2D eigenvalue weighted by molar-refractivity contribution is 0.324. The van der Waals surface area contributed by atoms with Gasteiger partial charge in [-0.2, -0.15) is 14.9 Å². The lowest BCUT2D eigenvalue weighted by Gasteiger charge is -2.13. The number of nitrogens with one attached hydrogen (secondary N) is 1. The second-order valence-electron chi connectivity index (χ2n) is 7.86. The van der Waals surface area contributed by atoms with E-state index < -0.39 is 0 Å². The first-order valence-electron chi connectivity index (χ1n) is 11.1. The number of H-pyrrole nitrogens is 1. The Hall–Kier alpha value is -4.11. The van der Waals surface area contributed by atoms with Gasteiger partial charge in [0, 0.05) is 33.9 Å². The van der Waals surface area contributed by atoms with Crippen LogP contribution in [-0.4, -0.2) is 47.0 Å². The van der Waals surface area contributed by atoms with Crippen LogP contribution in [0.15, 0.2) is 59.7 Å². The van der Waals surface area contributed by atoms with Gasteiger partial charge in [0.1, 0.15) is 0 Å². The van der Waals surface area contributed by atoms with E-state index in [1.807, 2.05) is 12.1 Å². The molecule has 0 radical (unpaired) electrons. The highest BCUT2D eigenvalue weighted by atomic mass is 32.1. The van der Waals surface area contributed by atoms with Gasteiger partial charge in [-0.05, 0) is 55.0 Å². The van der Waals surface area contributed by atoms with E-state index in [4.69, 9.17) is 26.4 Å². The van der Waals surface area contributed by atoms with Crippen molar-refractivity contribution in [3.8, 4) is 28.6 Å². The maximum absolute atomic E-state index is 5.49. The van der Waals surface area contributed by atoms with Crippen LogP contribution < -0.4 is 14.2 Å². The van der Waals surface area contributed by atoms with Crippen molar-refractivity contribution in [1.29, 1.82) is 0 Å². The highest BCUT2D eigenvalue weighted by molar-refractivity contribution is 7.71. The van der Waals surface area contributed by atoms with Crippen molar-refractivity contribution in [3.63, 3.8) is 0 Å². The molecular formula is C26H25N5O3S. The lowest BCUT2D eigenvalue weighted by Crippen LogP contribution is -1.99. The summed E-state index contributed by atoms with van der Waals surface area (Å²) < 4.78 is 20.7. The molecule has 0 bridgehead atoms. The molecule has 0 atom stereocenters. The van der Waals surface area contributed by atoms with Crippen LogP contribution in [-0.2, 0) is 6.54 Å². The summed E-state index contributed by atoms with van der Waals surface area (Å²) in [5.41, 5.74) is 4.09. The number of hydrogen-bond acceptors (Lipinski definition) is 6. The first-order valence-corrected chi connectivity index (χ1v) is 11.5. The fraction of sp³-hybridized carbons (Fsp3) is 0.192. The van der Waals surface area contributed by atoms with E-state index in [-0.39, 0.29) is 0 Å². The SMILES string of the molecule is CCn1c2ccccc2c2cc(/C=N/n3c(-c4cc(OC)c(OC)c(OC)c4)n[nH]c3=S)ccc21. The van der Waals surface area contributed by atoms with Crippen molar-refractivity contribution in [2.24, 2.45) is 5.10 Å². The van der Waals surface area contributed by atoms with Crippen molar-refractivity contribution >= 4 is 40.2 Å². The summed E-state index contributed by atoms with van der Waals surface area (Å²) in [5, 5.41) is 14.3. The highest BCUT2D eigenvalue weighted by Gasteiger charge is 2.17.